The Morgan fingerprint density at radius 2 is 0.591 bits per heavy atom. The molecule has 1 heteroatoms. The zero-order valence-corrected chi connectivity index (χ0v) is 20.1. The van der Waals surface area contributed by atoms with E-state index in [0.29, 0.717) is 0 Å². The van der Waals surface area contributed by atoms with Crippen molar-refractivity contribution in [2.45, 2.75) is 62.3 Å². The molecule has 0 aromatic carbocycles. The van der Waals surface area contributed by atoms with Gasteiger partial charge in [-0.25, -0.2) is 34.9 Å². The number of hydrogen-bond donors (Lipinski definition) is 0. The fourth-order valence-electron chi connectivity index (χ4n) is 1.37. The molecule has 0 bridgehead atoms. The average molecular weight is 524 g/mol. The second kappa shape index (κ2) is 18.5. The van der Waals surface area contributed by atoms with E-state index < -0.39 is 0 Å². The molecule has 0 atom stereocenters. The van der Waals surface area contributed by atoms with Gasteiger partial charge in [-0.05, 0) is 0 Å². The Labute approximate surface area is 164 Å². The Kier molecular flexibility index (Phi) is 24.9. The van der Waals surface area contributed by atoms with Gasteiger partial charge in [0, 0.05) is 0 Å². The molecule has 0 saturated carbocycles. The molecule has 121 valence electrons. The van der Waals surface area contributed by atoms with Gasteiger partial charge in [0.1, 0.15) is 0 Å². The van der Waals surface area contributed by atoms with Gasteiger partial charge >= 0.3 is 31.1 Å². The fourth-order valence-corrected chi connectivity index (χ4v) is 1.37. The predicted octanol–water partition coefficient (Wildman–Crippen LogP) is 7.00. The summed E-state index contributed by atoms with van der Waals surface area (Å²) in [5, 5.41) is 0. The average Bonchev–Trinajstić information content (AvgIpc) is 2.10. The third kappa shape index (κ3) is 50.5. The second-order valence-electron chi connectivity index (χ2n) is 5.90. The van der Waals surface area contributed by atoms with E-state index in [0.717, 1.165) is 16.7 Å². The van der Waals surface area contributed by atoms with Crippen molar-refractivity contribution in [2.75, 3.05) is 0 Å². The zero-order valence-electron chi connectivity index (χ0n) is 16.0. The minimum Gasteiger partial charge on any atom is -0.290 e. The van der Waals surface area contributed by atoms with Crippen LogP contribution in [-0.2, 0) is 0 Å². The van der Waals surface area contributed by atoms with Gasteiger partial charge in [-0.2, -0.15) is 16.7 Å². The maximum atomic E-state index is 5.33. The van der Waals surface area contributed by atoms with E-state index >= 15 is 0 Å². The SMILES string of the molecule is [CH-]=C(C)C=C(C)C.[CH-]=C(C)C=C(C)C.[CH-]=C(C)C=C(C)C.[U+3]. The van der Waals surface area contributed by atoms with Crippen LogP contribution in [0.5, 0.6) is 0 Å². The first-order valence-electron chi connectivity index (χ1n) is 7.10. The summed E-state index contributed by atoms with van der Waals surface area (Å²) in [7, 11) is 0. The van der Waals surface area contributed by atoms with Crippen LogP contribution < -0.4 is 0 Å². The van der Waals surface area contributed by atoms with Crippen LogP contribution >= 0.6 is 0 Å². The third-order valence-corrected chi connectivity index (χ3v) is 1.55. The minimum absolute atomic E-state index is 0. The number of rotatable bonds is 3. The monoisotopic (exact) mass is 523 g/mol. The van der Waals surface area contributed by atoms with Crippen LogP contribution in [0.15, 0.2) is 51.7 Å². The van der Waals surface area contributed by atoms with Gasteiger partial charge in [0.15, 0.2) is 0 Å². The molecular formula is C21H33U. The van der Waals surface area contributed by atoms with Gasteiger partial charge in [0.2, 0.25) is 0 Å². The van der Waals surface area contributed by atoms with Crippen molar-refractivity contribution in [2.24, 2.45) is 0 Å². The van der Waals surface area contributed by atoms with Crippen LogP contribution in [-0.4, -0.2) is 0 Å². The molecule has 0 fully saturated rings. The topological polar surface area (TPSA) is 0 Å². The van der Waals surface area contributed by atoms with Gasteiger partial charge in [0.05, 0.1) is 0 Å². The van der Waals surface area contributed by atoms with Gasteiger partial charge in [-0.3, -0.25) is 19.7 Å². The Bertz CT molecular complexity index is 350. The van der Waals surface area contributed by atoms with Crippen LogP contribution in [0.3, 0.4) is 0 Å². The summed E-state index contributed by atoms with van der Waals surface area (Å²) in [4.78, 5) is 0. The van der Waals surface area contributed by atoms with E-state index in [9.17, 15) is 0 Å². The largest absolute Gasteiger partial charge is 3.00 e. The first-order valence-corrected chi connectivity index (χ1v) is 7.10. The molecule has 0 rings (SSSR count). The summed E-state index contributed by atoms with van der Waals surface area (Å²) in [6, 6.07) is 0. The molecule has 0 nitrogen and oxygen atoms in total. The minimum atomic E-state index is 0. The first-order chi connectivity index (χ1) is 9.38. The van der Waals surface area contributed by atoms with Crippen molar-refractivity contribution in [3.63, 3.8) is 0 Å². The summed E-state index contributed by atoms with van der Waals surface area (Å²) >= 11 is 0. The van der Waals surface area contributed by atoms with Crippen LogP contribution in [0.25, 0.3) is 0 Å². The molecule has 0 unspecified atom stereocenters. The normalized spacial score (nSPS) is 7.50. The smallest absolute Gasteiger partial charge is 0.290 e. The second-order valence-corrected chi connectivity index (χ2v) is 5.90. The molecule has 0 aromatic heterocycles. The maximum Gasteiger partial charge on any atom is 3.00 e. The molecule has 0 amide bonds. The summed E-state index contributed by atoms with van der Waals surface area (Å²) in [5.74, 6) is 0. The number of hydrogen-bond acceptors (Lipinski definition) is 0. The standard InChI is InChI=1S/3C7H11.U/c3*1-6(2)5-7(3)4;/h3*1,5H,2-4H3;/q3*-1;+3. The first kappa shape index (κ1) is 29.5. The van der Waals surface area contributed by atoms with Crippen LogP contribution in [0.1, 0.15) is 62.3 Å². The van der Waals surface area contributed by atoms with Crippen LogP contribution in [0.4, 0.5) is 0 Å². The summed E-state index contributed by atoms with van der Waals surface area (Å²) in [5.41, 5.74) is 6.38. The van der Waals surface area contributed by atoms with Crippen molar-refractivity contribution < 1.29 is 31.1 Å². The van der Waals surface area contributed by atoms with Gasteiger partial charge < -0.3 is 0 Å². The molecule has 22 heavy (non-hydrogen) atoms. The van der Waals surface area contributed by atoms with E-state index in [1.807, 2.05) is 80.5 Å². The van der Waals surface area contributed by atoms with E-state index in [2.05, 4.69) is 0 Å². The van der Waals surface area contributed by atoms with E-state index in [1.165, 1.54) is 16.7 Å². The van der Waals surface area contributed by atoms with Crippen molar-refractivity contribution >= 4 is 0 Å². The Morgan fingerprint density at radius 3 is 0.591 bits per heavy atom. The maximum absolute atomic E-state index is 5.33. The van der Waals surface area contributed by atoms with Gasteiger partial charge in [-0.15, -0.1) is 0 Å². The van der Waals surface area contributed by atoms with Crippen molar-refractivity contribution in [3.8, 4) is 0 Å². The molecule has 0 N–H and O–H groups in total. The third-order valence-electron chi connectivity index (χ3n) is 1.55. The number of allylic oxidation sites excluding steroid dienone is 9. The molecule has 0 saturated heterocycles. The predicted molar refractivity (Wildman–Crippen MR) is 98.8 cm³/mol. The summed E-state index contributed by atoms with van der Waals surface area (Å²) in [6.45, 7) is 33.8. The summed E-state index contributed by atoms with van der Waals surface area (Å²) < 4.78 is 0. The Balaban J connectivity index is -0.000000108. The quantitative estimate of drug-likeness (QED) is 0.276. The molecule has 0 aromatic rings. The Hall–Kier alpha value is -0.508. The molecular weight excluding hydrogens is 490 g/mol. The molecule has 0 heterocycles. The van der Waals surface area contributed by atoms with E-state index in [1.54, 1.807) is 0 Å². The fraction of sp³-hybridized carbons (Fsp3) is 0.429. The molecule has 0 aliphatic rings. The van der Waals surface area contributed by atoms with Gasteiger partial charge in [0.25, 0.3) is 0 Å². The van der Waals surface area contributed by atoms with E-state index in [4.69, 9.17) is 19.7 Å². The molecule has 0 spiro atoms. The van der Waals surface area contributed by atoms with Crippen molar-refractivity contribution in [1.29, 1.82) is 0 Å². The Morgan fingerprint density at radius 1 is 0.455 bits per heavy atom. The van der Waals surface area contributed by atoms with Crippen molar-refractivity contribution in [3.05, 3.63) is 71.4 Å². The molecule has 1 radical (unpaired) electrons. The van der Waals surface area contributed by atoms with Crippen molar-refractivity contribution in [1.82, 2.24) is 0 Å². The van der Waals surface area contributed by atoms with Gasteiger partial charge in [-0.1, -0.05) is 62.3 Å². The molecule has 0 aliphatic carbocycles. The summed E-state index contributed by atoms with van der Waals surface area (Å²) in [6.07, 6.45) is 5.83. The van der Waals surface area contributed by atoms with E-state index in [-0.39, 0.29) is 31.1 Å². The van der Waals surface area contributed by atoms with Crippen LogP contribution in [0, 0.1) is 50.8 Å². The van der Waals surface area contributed by atoms with Crippen LogP contribution in [0.2, 0.25) is 0 Å². The zero-order chi connectivity index (χ0) is 17.6. The molecule has 0 aliphatic heterocycles.